The Bertz CT molecular complexity index is 1080. The molecule has 0 aliphatic carbocycles. The van der Waals surface area contributed by atoms with E-state index >= 15 is 0 Å². The third-order valence-electron chi connectivity index (χ3n) is 6.85. The quantitative estimate of drug-likeness (QED) is 0.278. The number of hydrogen-bond donors (Lipinski definition) is 4. The lowest BCUT2D eigenvalue weighted by Gasteiger charge is -2.40. The molecule has 1 heterocycles. The zero-order valence-electron chi connectivity index (χ0n) is 23.2. The molecule has 0 aromatic heterocycles. The van der Waals surface area contributed by atoms with E-state index in [1.807, 2.05) is 68.4 Å². The number of amides is 1. The summed E-state index contributed by atoms with van der Waals surface area (Å²) < 4.78 is 11.6. The van der Waals surface area contributed by atoms with E-state index in [2.05, 4.69) is 17.4 Å². The molecule has 9 heteroatoms. The molecule has 5 atom stereocenters. The number of thioether (sulfide) groups is 1. The number of aliphatic hydroxyl groups is 3. The highest BCUT2D eigenvalue weighted by atomic mass is 32.2. The molecular weight excluding hydrogens is 516 g/mol. The minimum atomic E-state index is -1.27. The lowest BCUT2D eigenvalue weighted by molar-refractivity contribution is -0.200. The van der Waals surface area contributed by atoms with Crippen molar-refractivity contribution in [2.45, 2.75) is 63.1 Å². The fraction of sp³-hybridized carbons (Fsp3) is 0.500. The standard InChI is InChI=1S/C30H42N2O6S/c1-5-14-32(3)15-13-31-25(33)12-16-37-19-22-9-7-21(8-10-22)17-24-18-23(11-6-20(24)2)29-27(35)26(34)28(36)30(38-29)39-4/h5-11,14,18,26-30,34-36H,12-13,15-17,19H2,1-4H3,(H,31,33)/b14-5+/t26-,27-,28+,29+,30-/m1/s1. The number of carbonyl (C=O) groups is 1. The average molecular weight is 559 g/mol. The first kappa shape index (κ1) is 31.1. The SMILES string of the molecule is C/C=C/N(C)CCNC(=O)CCOCc1ccc(Cc2cc([C@@H]3O[C@H](SC)[C@@H](O)[C@H](O)[C@H]3O)ccc2C)cc1. The summed E-state index contributed by atoms with van der Waals surface area (Å²) in [5.41, 5.74) is 4.53. The lowest BCUT2D eigenvalue weighted by atomic mass is 9.91. The number of ether oxygens (including phenoxy) is 2. The maximum Gasteiger partial charge on any atom is 0.222 e. The van der Waals surface area contributed by atoms with Crippen LogP contribution in [0.25, 0.3) is 0 Å². The molecule has 1 fully saturated rings. The van der Waals surface area contributed by atoms with E-state index in [0.29, 0.717) is 32.6 Å². The second-order valence-electron chi connectivity index (χ2n) is 9.93. The van der Waals surface area contributed by atoms with E-state index in [4.69, 9.17) is 9.47 Å². The van der Waals surface area contributed by atoms with Crippen molar-refractivity contribution in [3.63, 3.8) is 0 Å². The smallest absolute Gasteiger partial charge is 0.222 e. The van der Waals surface area contributed by atoms with E-state index in [0.717, 1.165) is 34.4 Å². The Morgan fingerprint density at radius 1 is 1.10 bits per heavy atom. The van der Waals surface area contributed by atoms with Crippen LogP contribution in [0, 0.1) is 6.92 Å². The van der Waals surface area contributed by atoms with Crippen LogP contribution in [0.4, 0.5) is 0 Å². The highest BCUT2D eigenvalue weighted by Gasteiger charge is 2.44. The van der Waals surface area contributed by atoms with Gasteiger partial charge in [-0.15, -0.1) is 11.8 Å². The number of aliphatic hydroxyl groups excluding tert-OH is 3. The van der Waals surface area contributed by atoms with E-state index in [1.165, 1.54) is 11.8 Å². The molecule has 214 valence electrons. The summed E-state index contributed by atoms with van der Waals surface area (Å²) >= 11 is 1.31. The summed E-state index contributed by atoms with van der Waals surface area (Å²) in [6, 6.07) is 14.1. The molecule has 1 aliphatic heterocycles. The number of benzene rings is 2. The van der Waals surface area contributed by atoms with E-state index in [1.54, 1.807) is 6.26 Å². The first-order valence-corrected chi connectivity index (χ1v) is 14.6. The van der Waals surface area contributed by atoms with Crippen LogP contribution in [0.1, 0.15) is 47.3 Å². The molecule has 39 heavy (non-hydrogen) atoms. The molecule has 1 saturated heterocycles. The predicted molar refractivity (Wildman–Crippen MR) is 154 cm³/mol. The van der Waals surface area contributed by atoms with Crippen molar-refractivity contribution in [2.24, 2.45) is 0 Å². The second-order valence-corrected chi connectivity index (χ2v) is 10.9. The zero-order chi connectivity index (χ0) is 28.4. The van der Waals surface area contributed by atoms with E-state index < -0.39 is 29.9 Å². The zero-order valence-corrected chi connectivity index (χ0v) is 24.1. The van der Waals surface area contributed by atoms with Crippen molar-refractivity contribution in [1.29, 1.82) is 0 Å². The molecule has 4 N–H and O–H groups in total. The number of carbonyl (C=O) groups excluding carboxylic acids is 1. The topological polar surface area (TPSA) is 111 Å². The van der Waals surface area contributed by atoms with Crippen LogP contribution >= 0.6 is 11.8 Å². The van der Waals surface area contributed by atoms with Crippen LogP contribution in [0.15, 0.2) is 54.7 Å². The van der Waals surface area contributed by atoms with Crippen LogP contribution in [0.2, 0.25) is 0 Å². The summed E-state index contributed by atoms with van der Waals surface area (Å²) in [7, 11) is 1.97. The summed E-state index contributed by atoms with van der Waals surface area (Å²) in [5.74, 6) is -0.0161. The van der Waals surface area contributed by atoms with Gasteiger partial charge in [-0.2, -0.15) is 0 Å². The lowest BCUT2D eigenvalue weighted by Crippen LogP contribution is -2.52. The normalized spacial score (nSPS) is 23.2. The Labute approximate surface area is 236 Å². The van der Waals surface area contributed by atoms with Crippen LogP contribution in [0.5, 0.6) is 0 Å². The number of nitrogens with one attached hydrogen (secondary N) is 1. The van der Waals surface area contributed by atoms with Gasteiger partial charge in [-0.25, -0.2) is 0 Å². The van der Waals surface area contributed by atoms with Gasteiger partial charge in [0.2, 0.25) is 5.91 Å². The number of likely N-dealkylation sites (N-methyl/N-ethyl adjacent to an activating group) is 1. The van der Waals surface area contributed by atoms with Crippen molar-refractivity contribution < 1.29 is 29.6 Å². The maximum absolute atomic E-state index is 12.0. The molecule has 0 unspecified atom stereocenters. The highest BCUT2D eigenvalue weighted by molar-refractivity contribution is 7.99. The molecule has 0 radical (unpaired) electrons. The minimum absolute atomic E-state index is 0.0161. The molecule has 2 aromatic carbocycles. The third kappa shape index (κ3) is 9.06. The van der Waals surface area contributed by atoms with E-state index in [-0.39, 0.29) is 5.91 Å². The molecule has 0 saturated carbocycles. The van der Waals surface area contributed by atoms with Crippen LogP contribution in [-0.4, -0.2) is 82.9 Å². The molecule has 8 nitrogen and oxygen atoms in total. The monoisotopic (exact) mass is 558 g/mol. The Morgan fingerprint density at radius 2 is 1.82 bits per heavy atom. The van der Waals surface area contributed by atoms with Gasteiger partial charge in [0.15, 0.2) is 0 Å². The summed E-state index contributed by atoms with van der Waals surface area (Å²) in [5, 5.41) is 33.9. The molecular formula is C30H42N2O6S. The van der Waals surface area contributed by atoms with Gasteiger partial charge in [-0.05, 0) is 60.5 Å². The van der Waals surface area contributed by atoms with Crippen LogP contribution in [0.3, 0.4) is 0 Å². The van der Waals surface area contributed by atoms with Gasteiger partial charge < -0.3 is 35.0 Å². The predicted octanol–water partition coefficient (Wildman–Crippen LogP) is 2.92. The molecule has 1 amide bonds. The number of aryl methyl sites for hydroxylation is 1. The number of allylic oxidation sites excluding steroid dienone is 1. The van der Waals surface area contributed by atoms with Gasteiger partial charge >= 0.3 is 0 Å². The number of nitrogens with zero attached hydrogens (tertiary/aromatic N) is 1. The first-order valence-electron chi connectivity index (χ1n) is 13.3. The van der Waals surface area contributed by atoms with Crippen molar-refractivity contribution in [2.75, 3.05) is 33.0 Å². The van der Waals surface area contributed by atoms with Gasteiger partial charge in [0, 0.05) is 26.6 Å². The second kappa shape index (κ2) is 15.4. The van der Waals surface area contributed by atoms with Gasteiger partial charge in [0.25, 0.3) is 0 Å². The summed E-state index contributed by atoms with van der Waals surface area (Å²) in [6.07, 6.45) is 2.40. The van der Waals surface area contributed by atoms with Gasteiger partial charge in [-0.1, -0.05) is 48.5 Å². The van der Waals surface area contributed by atoms with Gasteiger partial charge in [0.1, 0.15) is 29.9 Å². The highest BCUT2D eigenvalue weighted by Crippen LogP contribution is 2.36. The number of rotatable bonds is 13. The van der Waals surface area contributed by atoms with Gasteiger partial charge in [0.05, 0.1) is 13.2 Å². The molecule has 3 rings (SSSR count). The van der Waals surface area contributed by atoms with Gasteiger partial charge in [-0.3, -0.25) is 4.79 Å². The third-order valence-corrected chi connectivity index (χ3v) is 7.71. The molecule has 0 bridgehead atoms. The average Bonchev–Trinajstić information content (AvgIpc) is 2.92. The summed E-state index contributed by atoms with van der Waals surface area (Å²) in [4.78, 5) is 14.0. The Morgan fingerprint density at radius 3 is 2.51 bits per heavy atom. The van der Waals surface area contributed by atoms with Crippen LogP contribution < -0.4 is 5.32 Å². The fourth-order valence-corrected chi connectivity index (χ4v) is 5.17. The summed E-state index contributed by atoms with van der Waals surface area (Å²) in [6.45, 7) is 6.16. The van der Waals surface area contributed by atoms with Crippen molar-refractivity contribution in [3.8, 4) is 0 Å². The maximum atomic E-state index is 12.0. The Kier molecular flexibility index (Phi) is 12.3. The largest absolute Gasteiger partial charge is 0.387 e. The number of hydrogen-bond acceptors (Lipinski definition) is 8. The minimum Gasteiger partial charge on any atom is -0.387 e. The van der Waals surface area contributed by atoms with Crippen molar-refractivity contribution >= 4 is 17.7 Å². The van der Waals surface area contributed by atoms with Crippen LogP contribution in [-0.2, 0) is 27.3 Å². The Balaban J connectivity index is 1.49. The van der Waals surface area contributed by atoms with Crippen molar-refractivity contribution in [3.05, 3.63) is 82.6 Å². The molecule has 2 aromatic rings. The Hall–Kier alpha value is -2.40. The molecule has 0 spiro atoms. The first-order chi connectivity index (χ1) is 18.7. The fourth-order valence-electron chi connectivity index (χ4n) is 4.49. The van der Waals surface area contributed by atoms with Crippen molar-refractivity contribution in [1.82, 2.24) is 10.2 Å². The van der Waals surface area contributed by atoms with E-state index in [9.17, 15) is 20.1 Å². The molecule has 1 aliphatic rings.